The number of unbranched alkanes of at least 4 members (excludes halogenated alkanes) is 1. The van der Waals surface area contributed by atoms with E-state index in [-0.39, 0.29) is 24.4 Å². The third-order valence-corrected chi connectivity index (χ3v) is 3.66. The monoisotopic (exact) mass is 328 g/mol. The largest absolute Gasteiger partial charge is 0.481 e. The third-order valence-electron chi connectivity index (χ3n) is 3.66. The number of ether oxygens (including phenoxy) is 1. The quantitative estimate of drug-likeness (QED) is 0.555. The molecule has 1 aromatic carbocycles. The zero-order valence-electron chi connectivity index (χ0n) is 13.4. The van der Waals surface area contributed by atoms with Crippen LogP contribution in [0.5, 0.6) is 0 Å². The van der Waals surface area contributed by atoms with E-state index in [0.717, 1.165) is 0 Å². The van der Waals surface area contributed by atoms with Gasteiger partial charge in [-0.05, 0) is 50.8 Å². The Balaban J connectivity index is 2.56. The lowest BCUT2D eigenvalue weighted by Gasteiger charge is -2.13. The molecule has 0 saturated carbocycles. The highest BCUT2D eigenvalue weighted by atomic mass is 19.1. The second-order valence-corrected chi connectivity index (χ2v) is 5.47. The molecule has 0 aromatic heterocycles. The van der Waals surface area contributed by atoms with E-state index in [0.29, 0.717) is 31.4 Å². The van der Waals surface area contributed by atoms with Crippen LogP contribution in [0.4, 0.5) is 8.78 Å². The van der Waals surface area contributed by atoms with Gasteiger partial charge in [0.2, 0.25) is 0 Å². The lowest BCUT2D eigenvalue weighted by molar-refractivity contribution is -0.143. The van der Waals surface area contributed by atoms with Gasteiger partial charge in [0.15, 0.2) is 0 Å². The maximum absolute atomic E-state index is 13.5. The number of carbonyl (C=O) groups excluding carboxylic acids is 1. The van der Waals surface area contributed by atoms with Gasteiger partial charge in [0, 0.05) is 12.0 Å². The van der Waals surface area contributed by atoms with Crippen molar-refractivity contribution in [2.75, 3.05) is 6.61 Å². The van der Waals surface area contributed by atoms with E-state index in [1.165, 1.54) is 19.1 Å². The van der Waals surface area contributed by atoms with Crippen molar-refractivity contribution in [2.45, 2.75) is 46.0 Å². The van der Waals surface area contributed by atoms with Gasteiger partial charge in [0.25, 0.3) is 0 Å². The third kappa shape index (κ3) is 6.34. The topological polar surface area (TPSA) is 63.6 Å². The molecular weight excluding hydrogens is 306 g/mol. The van der Waals surface area contributed by atoms with Crippen LogP contribution in [-0.2, 0) is 20.7 Å². The van der Waals surface area contributed by atoms with Crippen molar-refractivity contribution < 1.29 is 28.2 Å². The Morgan fingerprint density at radius 2 is 1.83 bits per heavy atom. The molecule has 6 heteroatoms. The van der Waals surface area contributed by atoms with Crippen molar-refractivity contribution >= 4 is 11.9 Å². The molecule has 128 valence electrons. The molecule has 0 radical (unpaired) electrons. The molecule has 0 aliphatic heterocycles. The van der Waals surface area contributed by atoms with Gasteiger partial charge in [-0.2, -0.15) is 0 Å². The number of carboxylic acid groups (broad SMARTS) is 1. The highest BCUT2D eigenvalue weighted by Gasteiger charge is 2.19. The van der Waals surface area contributed by atoms with Crippen LogP contribution >= 0.6 is 0 Å². The van der Waals surface area contributed by atoms with E-state index in [2.05, 4.69) is 0 Å². The maximum atomic E-state index is 13.5. The number of aliphatic carboxylic acids is 1. The van der Waals surface area contributed by atoms with Crippen LogP contribution in [0.3, 0.4) is 0 Å². The fourth-order valence-electron chi connectivity index (χ4n) is 2.31. The molecule has 0 spiro atoms. The molecule has 1 atom stereocenters. The summed E-state index contributed by atoms with van der Waals surface area (Å²) in [6, 6.07) is 2.35. The first-order chi connectivity index (χ1) is 10.8. The van der Waals surface area contributed by atoms with Gasteiger partial charge in [-0.3, -0.25) is 9.59 Å². The summed E-state index contributed by atoms with van der Waals surface area (Å²) < 4.78 is 31.8. The van der Waals surface area contributed by atoms with Gasteiger partial charge in [-0.15, -0.1) is 0 Å². The van der Waals surface area contributed by atoms with Crippen molar-refractivity contribution in [3.8, 4) is 0 Å². The van der Waals surface area contributed by atoms with Gasteiger partial charge in [0.05, 0.1) is 12.5 Å². The summed E-state index contributed by atoms with van der Waals surface area (Å²) in [5, 5.41) is 9.24. The van der Waals surface area contributed by atoms with Crippen LogP contribution in [0.15, 0.2) is 12.1 Å². The smallest absolute Gasteiger partial charge is 0.306 e. The molecule has 0 aliphatic rings. The van der Waals surface area contributed by atoms with Crippen LogP contribution in [0.2, 0.25) is 0 Å². The van der Waals surface area contributed by atoms with Crippen molar-refractivity contribution in [1.29, 1.82) is 0 Å². The van der Waals surface area contributed by atoms with Crippen molar-refractivity contribution in [3.05, 3.63) is 34.9 Å². The Morgan fingerprint density at radius 3 is 2.35 bits per heavy atom. The number of halogens is 2. The Hall–Kier alpha value is -1.98. The molecule has 23 heavy (non-hydrogen) atoms. The summed E-state index contributed by atoms with van der Waals surface area (Å²) in [6.45, 7) is 3.37. The first-order valence-electron chi connectivity index (χ1n) is 7.68. The van der Waals surface area contributed by atoms with Gasteiger partial charge >= 0.3 is 11.9 Å². The Kier molecular flexibility index (Phi) is 7.65. The maximum Gasteiger partial charge on any atom is 0.306 e. The van der Waals surface area contributed by atoms with Crippen molar-refractivity contribution in [1.82, 2.24) is 0 Å². The van der Waals surface area contributed by atoms with Crippen molar-refractivity contribution in [3.63, 3.8) is 0 Å². The van der Waals surface area contributed by atoms with Gasteiger partial charge in [-0.25, -0.2) is 8.78 Å². The summed E-state index contributed by atoms with van der Waals surface area (Å²) in [5.41, 5.74) is 0.249. The molecular formula is C17H22F2O4. The molecule has 1 rings (SSSR count). The molecule has 0 amide bonds. The highest BCUT2D eigenvalue weighted by molar-refractivity contribution is 5.70. The minimum Gasteiger partial charge on any atom is -0.481 e. The average Bonchev–Trinajstić information content (AvgIpc) is 2.47. The van der Waals surface area contributed by atoms with Crippen molar-refractivity contribution in [2.24, 2.45) is 5.92 Å². The van der Waals surface area contributed by atoms with Crippen LogP contribution in [0.25, 0.3) is 0 Å². The molecule has 0 aliphatic carbocycles. The summed E-state index contributed by atoms with van der Waals surface area (Å²) >= 11 is 0. The number of hydrogen-bond donors (Lipinski definition) is 1. The Bertz CT molecular complexity index is 535. The fourth-order valence-corrected chi connectivity index (χ4v) is 2.31. The molecule has 1 unspecified atom stereocenters. The summed E-state index contributed by atoms with van der Waals surface area (Å²) in [6.07, 6.45) is 1.70. The zero-order valence-corrected chi connectivity index (χ0v) is 13.4. The average molecular weight is 328 g/mol. The van der Waals surface area contributed by atoms with E-state index in [4.69, 9.17) is 4.74 Å². The summed E-state index contributed by atoms with van der Waals surface area (Å²) in [7, 11) is 0. The standard InChI is InChI=1S/C17H22F2O4/c1-3-23-16(20)7-5-4-6-13(17(21)22)8-12-9-14(18)11(2)15(19)10-12/h9-10,13H,3-8H2,1-2H3,(H,21,22). The number of benzene rings is 1. The highest BCUT2D eigenvalue weighted by Crippen LogP contribution is 2.20. The predicted octanol–water partition coefficient (Wildman–Crippen LogP) is 3.64. The van der Waals surface area contributed by atoms with E-state index in [1.807, 2.05) is 0 Å². The SMILES string of the molecule is CCOC(=O)CCCCC(Cc1cc(F)c(C)c(F)c1)C(=O)O. The van der Waals surface area contributed by atoms with Crippen LogP contribution in [0.1, 0.15) is 43.7 Å². The van der Waals surface area contributed by atoms with Gasteiger partial charge in [-0.1, -0.05) is 6.42 Å². The molecule has 0 bridgehead atoms. The van der Waals surface area contributed by atoms with Crippen LogP contribution in [-0.4, -0.2) is 23.7 Å². The lowest BCUT2D eigenvalue weighted by atomic mass is 9.93. The molecule has 0 fully saturated rings. The number of carboxylic acids is 1. The van der Waals surface area contributed by atoms with Gasteiger partial charge < -0.3 is 9.84 Å². The molecule has 1 aromatic rings. The van der Waals surface area contributed by atoms with E-state index < -0.39 is 23.5 Å². The Labute approximate surface area is 134 Å². The summed E-state index contributed by atoms with van der Waals surface area (Å²) in [5.74, 6) is -3.40. The number of esters is 1. The van der Waals surface area contributed by atoms with E-state index in [1.54, 1.807) is 6.92 Å². The minimum absolute atomic E-state index is 0.0584. The van der Waals surface area contributed by atoms with Gasteiger partial charge in [0.1, 0.15) is 11.6 Å². The normalized spacial score (nSPS) is 12.0. The van der Waals surface area contributed by atoms with E-state index in [9.17, 15) is 23.5 Å². The Morgan fingerprint density at radius 1 is 1.22 bits per heavy atom. The molecule has 0 saturated heterocycles. The first kappa shape index (κ1) is 19.1. The predicted molar refractivity (Wildman–Crippen MR) is 81.0 cm³/mol. The van der Waals surface area contributed by atoms with Crippen LogP contribution in [0, 0.1) is 24.5 Å². The summed E-state index contributed by atoms with van der Waals surface area (Å²) in [4.78, 5) is 22.5. The molecule has 0 heterocycles. The van der Waals surface area contributed by atoms with Crippen LogP contribution < -0.4 is 0 Å². The zero-order chi connectivity index (χ0) is 17.4. The lowest BCUT2D eigenvalue weighted by Crippen LogP contribution is -2.17. The molecule has 4 nitrogen and oxygen atoms in total. The molecule has 1 N–H and O–H groups in total. The number of carbonyl (C=O) groups is 2. The number of rotatable bonds is 9. The second-order valence-electron chi connectivity index (χ2n) is 5.47. The first-order valence-corrected chi connectivity index (χ1v) is 7.68. The second kappa shape index (κ2) is 9.22. The number of hydrogen-bond acceptors (Lipinski definition) is 3. The minimum atomic E-state index is -1.01. The van der Waals surface area contributed by atoms with E-state index >= 15 is 0 Å². The fraction of sp³-hybridized carbons (Fsp3) is 0.529.